The van der Waals surface area contributed by atoms with Crippen molar-refractivity contribution in [2.24, 2.45) is 5.92 Å². The van der Waals surface area contributed by atoms with Crippen LogP contribution < -0.4 is 0 Å². The van der Waals surface area contributed by atoms with E-state index in [9.17, 15) is 15.0 Å². The summed E-state index contributed by atoms with van der Waals surface area (Å²) in [5.74, 6) is -2.64. The number of nitrogens with zero attached hydrogens (tertiary/aromatic N) is 1. The highest BCUT2D eigenvalue weighted by Crippen LogP contribution is 2.37. The molecule has 2 aliphatic heterocycles. The Kier molecular flexibility index (Phi) is 7.25. The molecule has 6 atom stereocenters. The maximum absolute atomic E-state index is 12.8. The van der Waals surface area contributed by atoms with Crippen molar-refractivity contribution in [2.75, 3.05) is 13.7 Å². The van der Waals surface area contributed by atoms with Crippen molar-refractivity contribution in [3.05, 3.63) is 12.2 Å². The Morgan fingerprint density at radius 2 is 2.04 bits per heavy atom. The maximum atomic E-state index is 12.8. The molecule has 0 bridgehead atoms. The van der Waals surface area contributed by atoms with Crippen LogP contribution in [0.3, 0.4) is 0 Å². The van der Waals surface area contributed by atoms with Gasteiger partial charge in [0.15, 0.2) is 6.10 Å². The van der Waals surface area contributed by atoms with Crippen molar-refractivity contribution in [1.29, 1.82) is 0 Å². The largest absolute Gasteiger partial charge is 0.378 e. The van der Waals surface area contributed by atoms with Crippen molar-refractivity contribution in [3.8, 4) is 0 Å². The number of carbonyl (C=O) groups is 1. The van der Waals surface area contributed by atoms with Crippen molar-refractivity contribution in [1.82, 2.24) is 4.90 Å². The van der Waals surface area contributed by atoms with Crippen LogP contribution in [0.2, 0.25) is 0 Å². The number of amides is 1. The second kappa shape index (κ2) is 8.83. The number of piperidine rings is 1. The lowest BCUT2D eigenvalue weighted by molar-refractivity contribution is -0.317. The van der Waals surface area contributed by atoms with Gasteiger partial charge in [-0.05, 0) is 46.0 Å². The van der Waals surface area contributed by atoms with Crippen LogP contribution in [-0.4, -0.2) is 64.8 Å². The van der Waals surface area contributed by atoms with E-state index in [-0.39, 0.29) is 24.2 Å². The number of hydrogen-bond acceptors (Lipinski definition) is 5. The molecule has 2 N–H and O–H groups in total. The summed E-state index contributed by atoms with van der Waals surface area (Å²) in [7, 11) is 1.62. The first-order valence-electron chi connectivity index (χ1n) is 9.77. The van der Waals surface area contributed by atoms with Gasteiger partial charge in [0.2, 0.25) is 5.79 Å². The number of aliphatic hydroxyl groups is 2. The van der Waals surface area contributed by atoms with Gasteiger partial charge in [-0.1, -0.05) is 19.1 Å². The molecule has 0 aromatic heterocycles. The molecule has 0 saturated carbocycles. The fourth-order valence-electron chi connectivity index (χ4n) is 4.08. The number of hydrogen-bond donors (Lipinski definition) is 2. The second-order valence-corrected chi connectivity index (χ2v) is 8.06. The molecule has 2 saturated heterocycles. The summed E-state index contributed by atoms with van der Waals surface area (Å²) >= 11 is 0. The van der Waals surface area contributed by atoms with Gasteiger partial charge < -0.3 is 24.6 Å². The molecule has 2 aliphatic rings. The lowest BCUT2D eigenvalue weighted by atomic mass is 9.84. The Morgan fingerprint density at radius 1 is 1.35 bits per heavy atom. The van der Waals surface area contributed by atoms with E-state index in [1.54, 1.807) is 12.0 Å². The highest BCUT2D eigenvalue weighted by Gasteiger charge is 2.51. The Bertz CT molecular complexity index is 510. The van der Waals surface area contributed by atoms with Crippen LogP contribution in [0.25, 0.3) is 0 Å². The van der Waals surface area contributed by atoms with Gasteiger partial charge in [0.25, 0.3) is 5.91 Å². The van der Waals surface area contributed by atoms with Gasteiger partial charge in [0, 0.05) is 32.0 Å². The van der Waals surface area contributed by atoms with Crippen LogP contribution in [-0.2, 0) is 14.3 Å². The molecule has 0 aromatic rings. The first kappa shape index (κ1) is 21.4. The van der Waals surface area contributed by atoms with E-state index in [4.69, 9.17) is 9.47 Å². The summed E-state index contributed by atoms with van der Waals surface area (Å²) in [6, 6.07) is 0.0745. The van der Waals surface area contributed by atoms with Gasteiger partial charge in [-0.3, -0.25) is 4.79 Å². The zero-order valence-corrected chi connectivity index (χ0v) is 16.6. The maximum Gasteiger partial charge on any atom is 0.257 e. The standard InChI is InChI=1S/C20H35NO5/c1-13(2)17(25-5)12-16-10-9-14(3)20(24,26-16)18(22)19(23)21-11-7-6-8-15(21)4/h14-18,22,24H,1,6-12H2,2-5H3. The minimum Gasteiger partial charge on any atom is -0.378 e. The fraction of sp³-hybridized carbons (Fsp3) is 0.850. The summed E-state index contributed by atoms with van der Waals surface area (Å²) in [6.07, 6.45) is 2.85. The molecule has 1 amide bonds. The van der Waals surface area contributed by atoms with Crippen molar-refractivity contribution >= 4 is 5.91 Å². The van der Waals surface area contributed by atoms with Crippen LogP contribution in [0.15, 0.2) is 12.2 Å². The lowest BCUT2D eigenvalue weighted by Gasteiger charge is -2.46. The molecule has 0 aliphatic carbocycles. The number of likely N-dealkylation sites (tertiary alicyclic amines) is 1. The van der Waals surface area contributed by atoms with E-state index in [0.717, 1.165) is 31.3 Å². The van der Waals surface area contributed by atoms with Crippen molar-refractivity contribution in [3.63, 3.8) is 0 Å². The predicted octanol–water partition coefficient (Wildman–Crippen LogP) is 2.23. The average molecular weight is 370 g/mol. The van der Waals surface area contributed by atoms with Crippen molar-refractivity contribution < 1.29 is 24.5 Å². The molecule has 2 fully saturated rings. The third-order valence-corrected chi connectivity index (χ3v) is 6.01. The monoisotopic (exact) mass is 369 g/mol. The summed E-state index contributed by atoms with van der Waals surface area (Å²) in [5, 5.41) is 21.9. The minimum absolute atomic E-state index is 0.0745. The third-order valence-electron chi connectivity index (χ3n) is 6.01. The summed E-state index contributed by atoms with van der Waals surface area (Å²) in [6.45, 7) is 10.2. The second-order valence-electron chi connectivity index (χ2n) is 8.06. The fourth-order valence-corrected chi connectivity index (χ4v) is 4.08. The first-order valence-corrected chi connectivity index (χ1v) is 9.77. The number of rotatable bonds is 6. The topological polar surface area (TPSA) is 79.2 Å². The quantitative estimate of drug-likeness (QED) is 0.702. The normalized spacial score (nSPS) is 35.0. The zero-order valence-electron chi connectivity index (χ0n) is 16.6. The van der Waals surface area contributed by atoms with Crippen LogP contribution >= 0.6 is 0 Å². The number of ether oxygens (including phenoxy) is 2. The average Bonchev–Trinajstić information content (AvgIpc) is 2.61. The molecule has 0 radical (unpaired) electrons. The summed E-state index contributed by atoms with van der Waals surface area (Å²) in [4.78, 5) is 14.5. The van der Waals surface area contributed by atoms with Gasteiger partial charge in [0.1, 0.15) is 0 Å². The van der Waals surface area contributed by atoms with E-state index >= 15 is 0 Å². The smallest absolute Gasteiger partial charge is 0.257 e. The highest BCUT2D eigenvalue weighted by molar-refractivity contribution is 5.82. The first-order chi connectivity index (χ1) is 12.2. The van der Waals surface area contributed by atoms with Gasteiger partial charge in [-0.2, -0.15) is 0 Å². The van der Waals surface area contributed by atoms with E-state index < -0.39 is 17.8 Å². The molecule has 6 heteroatoms. The Labute approximate surface area is 157 Å². The van der Waals surface area contributed by atoms with Gasteiger partial charge in [0.05, 0.1) is 12.2 Å². The van der Waals surface area contributed by atoms with E-state index in [0.29, 0.717) is 19.4 Å². The van der Waals surface area contributed by atoms with E-state index in [1.165, 1.54) is 0 Å². The van der Waals surface area contributed by atoms with E-state index in [1.807, 2.05) is 20.8 Å². The Balaban J connectivity index is 2.10. The number of carbonyl (C=O) groups excluding carboxylic acids is 1. The lowest BCUT2D eigenvalue weighted by Crippen LogP contribution is -2.62. The zero-order chi connectivity index (χ0) is 19.5. The number of aliphatic hydroxyl groups excluding tert-OH is 1. The predicted molar refractivity (Wildman–Crippen MR) is 99.5 cm³/mol. The third kappa shape index (κ3) is 4.47. The molecule has 26 heavy (non-hydrogen) atoms. The Hall–Kier alpha value is -0.950. The molecule has 6 nitrogen and oxygen atoms in total. The van der Waals surface area contributed by atoms with Crippen LogP contribution in [0.1, 0.15) is 59.3 Å². The van der Waals surface area contributed by atoms with Gasteiger partial charge in [-0.15, -0.1) is 0 Å². The SMILES string of the molecule is C=C(C)C(CC1CCC(C)C(O)(C(O)C(=O)N2CCCCC2C)O1)OC. The van der Waals surface area contributed by atoms with Crippen LogP contribution in [0.5, 0.6) is 0 Å². The van der Waals surface area contributed by atoms with Crippen LogP contribution in [0, 0.1) is 5.92 Å². The number of methoxy groups -OCH3 is 1. The summed E-state index contributed by atoms with van der Waals surface area (Å²) < 4.78 is 11.3. The molecular weight excluding hydrogens is 334 g/mol. The molecule has 0 aromatic carbocycles. The molecular formula is C20H35NO5. The minimum atomic E-state index is -1.87. The highest BCUT2D eigenvalue weighted by atomic mass is 16.6. The summed E-state index contributed by atoms with van der Waals surface area (Å²) in [5.41, 5.74) is 0.886. The Morgan fingerprint density at radius 3 is 2.62 bits per heavy atom. The molecule has 6 unspecified atom stereocenters. The van der Waals surface area contributed by atoms with E-state index in [2.05, 4.69) is 6.58 Å². The van der Waals surface area contributed by atoms with Gasteiger partial charge >= 0.3 is 0 Å². The van der Waals surface area contributed by atoms with Crippen LogP contribution in [0.4, 0.5) is 0 Å². The molecule has 2 rings (SSSR count). The van der Waals surface area contributed by atoms with Gasteiger partial charge in [-0.25, -0.2) is 0 Å². The van der Waals surface area contributed by atoms with Crippen molar-refractivity contribution in [2.45, 2.75) is 89.4 Å². The molecule has 2 heterocycles. The molecule has 150 valence electrons. The molecule has 0 spiro atoms.